The highest BCUT2D eigenvalue weighted by Gasteiger charge is 2.13. The van der Waals surface area contributed by atoms with E-state index in [0.717, 1.165) is 22.5 Å². The maximum Gasteiger partial charge on any atom is 0.256 e. The number of hydrogen-bond acceptors (Lipinski definition) is 3. The van der Waals surface area contributed by atoms with Gasteiger partial charge in [0.05, 0.1) is 18.4 Å². The van der Waals surface area contributed by atoms with Crippen LogP contribution in [0.4, 0.5) is 5.69 Å². The average molecular weight is 436 g/mol. The second-order valence-electron chi connectivity index (χ2n) is 6.48. The van der Waals surface area contributed by atoms with Crippen LogP contribution in [0.25, 0.3) is 16.9 Å². The van der Waals surface area contributed by atoms with E-state index in [2.05, 4.69) is 26.2 Å². The number of carbonyl (C=O) groups excluding carboxylic acids is 1. The molecular weight excluding hydrogens is 418 g/mol. The van der Waals surface area contributed by atoms with Gasteiger partial charge < -0.3 is 14.5 Å². The lowest BCUT2D eigenvalue weighted by Gasteiger charge is -2.09. The number of rotatable bonds is 4. The predicted molar refractivity (Wildman–Crippen MR) is 114 cm³/mol. The molecule has 0 unspecified atom stereocenters. The van der Waals surface area contributed by atoms with Gasteiger partial charge in [0.15, 0.2) is 0 Å². The molecule has 0 aliphatic carbocycles. The first-order valence-corrected chi connectivity index (χ1v) is 9.53. The maximum absolute atomic E-state index is 12.7. The summed E-state index contributed by atoms with van der Waals surface area (Å²) in [7, 11) is 1.57. The lowest BCUT2D eigenvalue weighted by molar-refractivity contribution is 0.102. The van der Waals surface area contributed by atoms with Crippen LogP contribution in [-0.2, 0) is 0 Å². The van der Waals surface area contributed by atoms with E-state index in [1.165, 1.54) is 0 Å². The number of imidazole rings is 1. The van der Waals surface area contributed by atoms with E-state index >= 15 is 0 Å². The van der Waals surface area contributed by atoms with Crippen LogP contribution >= 0.6 is 15.9 Å². The van der Waals surface area contributed by atoms with Crippen LogP contribution in [0.1, 0.15) is 15.9 Å². The van der Waals surface area contributed by atoms with Crippen molar-refractivity contribution in [1.29, 1.82) is 0 Å². The molecule has 4 rings (SSSR count). The molecule has 0 saturated heterocycles. The highest BCUT2D eigenvalue weighted by molar-refractivity contribution is 9.10. The van der Waals surface area contributed by atoms with Gasteiger partial charge in [-0.2, -0.15) is 0 Å². The van der Waals surface area contributed by atoms with Crippen molar-refractivity contribution in [1.82, 2.24) is 9.38 Å². The lowest BCUT2D eigenvalue weighted by atomic mass is 10.1. The zero-order chi connectivity index (χ0) is 19.7. The lowest BCUT2D eigenvalue weighted by Crippen LogP contribution is -2.12. The van der Waals surface area contributed by atoms with E-state index < -0.39 is 0 Å². The van der Waals surface area contributed by atoms with Gasteiger partial charge >= 0.3 is 0 Å². The van der Waals surface area contributed by atoms with Crippen molar-refractivity contribution in [3.63, 3.8) is 0 Å². The Labute approximate surface area is 171 Å². The largest absolute Gasteiger partial charge is 0.497 e. The Kier molecular flexibility index (Phi) is 4.88. The van der Waals surface area contributed by atoms with Crippen LogP contribution in [0.2, 0.25) is 0 Å². The second-order valence-corrected chi connectivity index (χ2v) is 7.33. The molecule has 28 heavy (non-hydrogen) atoms. The van der Waals surface area contributed by atoms with E-state index in [1.807, 2.05) is 60.1 Å². The predicted octanol–water partition coefficient (Wildman–Crippen LogP) is 5.33. The molecule has 0 bridgehead atoms. The van der Waals surface area contributed by atoms with Crippen molar-refractivity contribution < 1.29 is 9.53 Å². The Balaban J connectivity index is 1.62. The fourth-order valence-electron chi connectivity index (χ4n) is 2.98. The van der Waals surface area contributed by atoms with Gasteiger partial charge in [-0.3, -0.25) is 4.79 Å². The highest BCUT2D eigenvalue weighted by Crippen LogP contribution is 2.26. The fraction of sp³-hybridized carbons (Fsp3) is 0.0909. The smallest absolute Gasteiger partial charge is 0.256 e. The maximum atomic E-state index is 12.7. The highest BCUT2D eigenvalue weighted by atomic mass is 79.9. The van der Waals surface area contributed by atoms with E-state index in [1.54, 1.807) is 25.3 Å². The minimum atomic E-state index is -0.214. The summed E-state index contributed by atoms with van der Waals surface area (Å²) in [5, 5.41) is 2.94. The van der Waals surface area contributed by atoms with Gasteiger partial charge in [0, 0.05) is 28.1 Å². The number of pyridine rings is 1. The number of benzene rings is 2. The Bertz CT molecular complexity index is 1180. The van der Waals surface area contributed by atoms with Gasteiger partial charge in [0.25, 0.3) is 5.91 Å². The van der Waals surface area contributed by atoms with Crippen molar-refractivity contribution in [3.8, 4) is 17.0 Å². The van der Waals surface area contributed by atoms with Crippen molar-refractivity contribution in [2.45, 2.75) is 6.92 Å². The Morgan fingerprint density at radius 2 is 2.00 bits per heavy atom. The van der Waals surface area contributed by atoms with Crippen LogP contribution in [-0.4, -0.2) is 22.4 Å². The first kappa shape index (κ1) is 18.3. The molecule has 2 heterocycles. The molecule has 140 valence electrons. The van der Waals surface area contributed by atoms with Gasteiger partial charge in [0.1, 0.15) is 11.4 Å². The second kappa shape index (κ2) is 7.48. The topological polar surface area (TPSA) is 55.6 Å². The van der Waals surface area contributed by atoms with Gasteiger partial charge in [-0.05, 0) is 70.9 Å². The van der Waals surface area contributed by atoms with Crippen LogP contribution in [0.15, 0.2) is 71.5 Å². The monoisotopic (exact) mass is 435 g/mol. The molecule has 0 aliphatic heterocycles. The minimum Gasteiger partial charge on any atom is -0.497 e. The van der Waals surface area contributed by atoms with E-state index in [-0.39, 0.29) is 5.91 Å². The molecule has 0 atom stereocenters. The third-order valence-electron chi connectivity index (χ3n) is 4.45. The van der Waals surface area contributed by atoms with Crippen LogP contribution < -0.4 is 10.1 Å². The molecule has 0 spiro atoms. The molecule has 1 amide bonds. The number of aryl methyl sites for hydroxylation is 1. The molecule has 6 heteroatoms. The number of amides is 1. The Hall–Kier alpha value is -3.12. The van der Waals surface area contributed by atoms with Crippen LogP contribution in [0.5, 0.6) is 5.75 Å². The van der Waals surface area contributed by atoms with Crippen molar-refractivity contribution in [2.75, 3.05) is 12.4 Å². The molecular formula is C22H18BrN3O2. The Morgan fingerprint density at radius 3 is 2.82 bits per heavy atom. The number of fused-ring (bicyclic) bond motifs is 1. The van der Waals surface area contributed by atoms with Gasteiger partial charge in [-0.25, -0.2) is 4.98 Å². The molecule has 4 aromatic rings. The molecule has 0 radical (unpaired) electrons. The first-order chi connectivity index (χ1) is 13.5. The number of methoxy groups -OCH3 is 1. The molecule has 5 nitrogen and oxygen atoms in total. The summed E-state index contributed by atoms with van der Waals surface area (Å²) in [5.41, 5.74) is 5.05. The standard InChI is InChI=1S/C22H18BrN3O2/c1-14-8-9-26-13-20(25-21(26)10-14)15-4-3-5-16(11-15)24-22(27)18-12-17(28-2)6-7-19(18)23/h3-13H,1-2H3,(H,24,27). The number of carbonyl (C=O) groups is 1. The van der Waals surface area contributed by atoms with Crippen LogP contribution in [0.3, 0.4) is 0 Å². The summed E-state index contributed by atoms with van der Waals surface area (Å²) in [6.07, 6.45) is 3.97. The number of anilines is 1. The van der Waals surface area contributed by atoms with E-state index in [4.69, 9.17) is 4.74 Å². The summed E-state index contributed by atoms with van der Waals surface area (Å²) in [6, 6.07) is 17.0. The fourth-order valence-corrected chi connectivity index (χ4v) is 3.41. The molecule has 1 N–H and O–H groups in total. The van der Waals surface area contributed by atoms with Gasteiger partial charge in [0.2, 0.25) is 0 Å². The van der Waals surface area contributed by atoms with Gasteiger partial charge in [-0.15, -0.1) is 0 Å². The van der Waals surface area contributed by atoms with Crippen molar-refractivity contribution in [3.05, 3.63) is 82.6 Å². The van der Waals surface area contributed by atoms with Crippen LogP contribution in [0, 0.1) is 6.92 Å². The summed E-state index contributed by atoms with van der Waals surface area (Å²) < 4.78 is 7.91. The van der Waals surface area contributed by atoms with Crippen molar-refractivity contribution >= 4 is 33.2 Å². The SMILES string of the molecule is COc1ccc(Br)c(C(=O)Nc2cccc(-c3cn4ccc(C)cc4n3)c2)c1. The zero-order valence-corrected chi connectivity index (χ0v) is 17.0. The summed E-state index contributed by atoms with van der Waals surface area (Å²) in [5.74, 6) is 0.413. The summed E-state index contributed by atoms with van der Waals surface area (Å²) in [4.78, 5) is 17.4. The van der Waals surface area contributed by atoms with Gasteiger partial charge in [-0.1, -0.05) is 12.1 Å². The third-order valence-corrected chi connectivity index (χ3v) is 5.14. The first-order valence-electron chi connectivity index (χ1n) is 8.74. The summed E-state index contributed by atoms with van der Waals surface area (Å²) in [6.45, 7) is 2.04. The van der Waals surface area contributed by atoms with Crippen molar-refractivity contribution in [2.24, 2.45) is 0 Å². The number of hydrogen-bond donors (Lipinski definition) is 1. The summed E-state index contributed by atoms with van der Waals surface area (Å²) >= 11 is 3.42. The minimum absolute atomic E-state index is 0.214. The van der Waals surface area contributed by atoms with E-state index in [0.29, 0.717) is 21.5 Å². The molecule has 0 aliphatic rings. The quantitative estimate of drug-likeness (QED) is 0.470. The molecule has 2 aromatic heterocycles. The number of ether oxygens (including phenoxy) is 1. The van der Waals surface area contributed by atoms with E-state index in [9.17, 15) is 4.79 Å². The number of aromatic nitrogens is 2. The zero-order valence-electron chi connectivity index (χ0n) is 15.4. The third kappa shape index (κ3) is 3.64. The molecule has 0 saturated carbocycles. The number of nitrogens with one attached hydrogen (secondary N) is 1. The molecule has 2 aromatic carbocycles. The number of halogens is 1. The average Bonchev–Trinajstić information content (AvgIpc) is 3.11. The molecule has 0 fully saturated rings. The normalized spacial score (nSPS) is 10.8. The number of nitrogens with zero attached hydrogens (tertiary/aromatic N) is 2. The Morgan fingerprint density at radius 1 is 1.14 bits per heavy atom.